The van der Waals surface area contributed by atoms with Gasteiger partial charge in [0.25, 0.3) is 0 Å². The molecule has 0 saturated carbocycles. The molecule has 0 atom stereocenters. The number of aryl methyl sites for hydroxylation is 14. The summed E-state index contributed by atoms with van der Waals surface area (Å²) in [6.45, 7) is 46.7. The van der Waals surface area contributed by atoms with Gasteiger partial charge in [0, 0.05) is 98.3 Å². The fourth-order valence-corrected chi connectivity index (χ4v) is 13.1. The summed E-state index contributed by atoms with van der Waals surface area (Å²) in [5, 5.41) is 0. The molecule has 0 aliphatic heterocycles. The number of nitrogens with zero attached hydrogens (tertiary/aromatic N) is 5. The molecule has 0 spiro atoms. The Bertz CT molecular complexity index is 4760. The highest BCUT2D eigenvalue weighted by atomic mass is 14.9. The first-order valence-electron chi connectivity index (χ1n) is 40.5. The smallest absolute Gasteiger partial charge is 0.201 e. The van der Waals surface area contributed by atoms with Crippen LogP contribution in [-0.2, 0) is 67.7 Å². The molecular weight excluding hydrogens is 1210 g/mol. The van der Waals surface area contributed by atoms with Crippen LogP contribution in [0.25, 0.3) is 56.3 Å². The highest BCUT2D eigenvalue weighted by Crippen LogP contribution is 2.37. The molecule has 0 amide bonds. The molecule has 5 aromatic heterocycles. The first kappa shape index (κ1) is 67.7. The van der Waals surface area contributed by atoms with Crippen LogP contribution in [0.3, 0.4) is 0 Å². The van der Waals surface area contributed by atoms with Crippen molar-refractivity contribution < 1.29 is 35.2 Å². The SMILES string of the molecule is Cc1ccccc1-c1cc(C(C)(C)C)c(C(C)(C)C)c[n+]1C.Cc1ccccc1-c1ccc(C(C)(C)C)c[n+]1C.[2H]C([2H])([2H])c1ccc(-c2cc(C)c(C(C)(C)C)c[n+]2C)c(C)c1.[2H]C([2H])([2H])c1ccc(-c2ccc(C(C)(C)C)c[n+]2C)c(C)c1.[2H]C([2H])([2H])c1ccc(-c2ccc(C(C)(CC)CC)c[n+]2C)c(C)c1. The monoisotopic (exact) mass is 1350 g/mol. The third kappa shape index (κ3) is 20.5. The summed E-state index contributed by atoms with van der Waals surface area (Å²) >= 11 is 0. The first-order valence-corrected chi connectivity index (χ1v) is 36.0. The van der Waals surface area contributed by atoms with Crippen molar-refractivity contribution in [3.63, 3.8) is 0 Å². The van der Waals surface area contributed by atoms with Gasteiger partial charge in [0.1, 0.15) is 35.2 Å². The normalized spacial score (nSPS) is 13.6. The van der Waals surface area contributed by atoms with Crippen LogP contribution >= 0.6 is 0 Å². The van der Waals surface area contributed by atoms with Gasteiger partial charge in [0.2, 0.25) is 28.5 Å². The highest BCUT2D eigenvalue weighted by molar-refractivity contribution is 5.66. The van der Waals surface area contributed by atoms with Crippen LogP contribution in [0.4, 0.5) is 0 Å². The molecule has 530 valence electrons. The van der Waals surface area contributed by atoms with Crippen molar-refractivity contribution in [2.75, 3.05) is 0 Å². The van der Waals surface area contributed by atoms with E-state index in [-0.39, 0.29) is 32.5 Å². The van der Waals surface area contributed by atoms with E-state index >= 15 is 0 Å². The van der Waals surface area contributed by atoms with Crippen LogP contribution in [0.1, 0.15) is 233 Å². The molecule has 5 heteroatoms. The molecule has 5 heterocycles. The predicted octanol–water partition coefficient (Wildman–Crippen LogP) is 22.2. The van der Waals surface area contributed by atoms with Crippen LogP contribution in [-0.4, -0.2) is 0 Å². The summed E-state index contributed by atoms with van der Waals surface area (Å²) in [7, 11) is 10.4. The summed E-state index contributed by atoms with van der Waals surface area (Å²) in [5.74, 6) is 0. The lowest BCUT2D eigenvalue weighted by molar-refractivity contribution is -0.661. The Hall–Kier alpha value is -8.15. The van der Waals surface area contributed by atoms with Gasteiger partial charge in [-0.25, -0.2) is 22.8 Å². The minimum Gasteiger partial charge on any atom is -0.201 e. The number of hydrogen-bond acceptors (Lipinski definition) is 0. The molecule has 0 radical (unpaired) electrons. The third-order valence-electron chi connectivity index (χ3n) is 19.9. The number of benzene rings is 5. The Kier molecular flexibility index (Phi) is 22.1. The van der Waals surface area contributed by atoms with E-state index < -0.39 is 20.6 Å². The Morgan fingerprint density at radius 1 is 0.270 bits per heavy atom. The van der Waals surface area contributed by atoms with E-state index in [9.17, 15) is 0 Å². The molecule has 10 aromatic rings. The van der Waals surface area contributed by atoms with E-state index in [0.29, 0.717) is 16.7 Å². The van der Waals surface area contributed by atoms with Crippen molar-refractivity contribution in [3.8, 4) is 56.3 Å². The lowest BCUT2D eigenvalue weighted by Crippen LogP contribution is -2.36. The topological polar surface area (TPSA) is 19.4 Å². The maximum atomic E-state index is 7.55. The standard InChI is InChI=1S/C21H30N.C20H28N.C19H26N.C18H24N.C17H22N/c1-15-11-9-10-12-16(15)19-13-17(20(2,3)4)18(14-22(19)8)21(5,6)7;1-7-20(5,8-2)17-10-12-19(21(6)14-17)18-11-9-15(3)13-16(18)4;1-13-8-9-16(14(2)10-13)18-11-15(3)17(12-20(18)7)19(4,5)6;1-13-7-9-16(14(2)11-13)17-10-8-15(12-19(17)6)18(3,4)5;1-13-8-6-7-9-15(13)16-11-10-14(12-18(16)5)17(2,3)4/h9-14H,1-8H3;9-14H,7-8H2,1-6H3;8-12H,1-7H3;7-12H,1-6H3;6-12H,1-5H3/q5*+1/i;3D3;2*1D3;. The Balaban J connectivity index is 0.000000213. The van der Waals surface area contributed by atoms with Crippen LogP contribution in [0, 0.1) is 62.1 Å². The summed E-state index contributed by atoms with van der Waals surface area (Å²) in [4.78, 5) is 0. The van der Waals surface area contributed by atoms with E-state index in [2.05, 4.69) is 317 Å². The number of aromatic nitrogens is 5. The molecule has 0 aliphatic carbocycles. The maximum Gasteiger partial charge on any atom is 0.212 e. The van der Waals surface area contributed by atoms with Gasteiger partial charge in [-0.15, -0.1) is 0 Å². The molecule has 0 bridgehead atoms. The van der Waals surface area contributed by atoms with Gasteiger partial charge in [-0.2, -0.15) is 0 Å². The summed E-state index contributed by atoms with van der Waals surface area (Å²) in [5.41, 5.74) is 28.7. The molecule has 0 N–H and O–H groups in total. The van der Waals surface area contributed by atoms with Crippen molar-refractivity contribution in [1.82, 2.24) is 0 Å². The molecule has 0 unspecified atom stereocenters. The minimum atomic E-state index is -2.06. The average Bonchev–Trinajstić information content (AvgIpc) is 0.776. The molecule has 0 saturated heterocycles. The van der Waals surface area contributed by atoms with E-state index in [1.807, 2.05) is 53.1 Å². The molecule has 100 heavy (non-hydrogen) atoms. The largest absolute Gasteiger partial charge is 0.212 e. The van der Waals surface area contributed by atoms with Gasteiger partial charge in [-0.05, 0) is 195 Å². The van der Waals surface area contributed by atoms with E-state index in [1.54, 1.807) is 36.4 Å². The zero-order valence-corrected chi connectivity index (χ0v) is 67.0. The van der Waals surface area contributed by atoms with Crippen LogP contribution in [0.5, 0.6) is 0 Å². The van der Waals surface area contributed by atoms with Gasteiger partial charge in [-0.3, -0.25) is 0 Å². The minimum absolute atomic E-state index is 0.0978. The summed E-state index contributed by atoms with van der Waals surface area (Å²) in [6, 6.07) is 51.0. The van der Waals surface area contributed by atoms with Crippen LogP contribution in [0.15, 0.2) is 183 Å². The molecule has 5 aromatic carbocycles. The number of rotatable bonds is 8. The van der Waals surface area contributed by atoms with E-state index in [1.165, 1.54) is 72.6 Å². The zero-order valence-electron chi connectivity index (χ0n) is 76.0. The second-order valence-electron chi connectivity index (χ2n) is 33.4. The van der Waals surface area contributed by atoms with Crippen molar-refractivity contribution in [2.45, 2.75) is 232 Å². The molecule has 0 aliphatic rings. The van der Waals surface area contributed by atoms with Gasteiger partial charge >= 0.3 is 0 Å². The van der Waals surface area contributed by atoms with Gasteiger partial charge in [-0.1, -0.05) is 214 Å². The molecule has 10 rings (SSSR count). The van der Waals surface area contributed by atoms with Gasteiger partial charge < -0.3 is 0 Å². The summed E-state index contributed by atoms with van der Waals surface area (Å²) < 4.78 is 78.7. The highest BCUT2D eigenvalue weighted by Gasteiger charge is 2.32. The lowest BCUT2D eigenvalue weighted by atomic mass is 9.75. The summed E-state index contributed by atoms with van der Waals surface area (Å²) in [6.07, 6.45) is 13.3. The fraction of sp³-hybridized carbons (Fsp3) is 0.421. The van der Waals surface area contributed by atoms with E-state index in [0.717, 1.165) is 63.3 Å². The fourth-order valence-electron chi connectivity index (χ4n) is 13.1. The Labute approximate surface area is 621 Å². The lowest BCUT2D eigenvalue weighted by Gasteiger charge is -2.29. The van der Waals surface area contributed by atoms with Gasteiger partial charge in [0.05, 0.1) is 0 Å². The zero-order chi connectivity index (χ0) is 82.4. The average molecular weight is 1350 g/mol. The van der Waals surface area contributed by atoms with E-state index in [4.69, 9.17) is 12.3 Å². The van der Waals surface area contributed by atoms with Crippen molar-refractivity contribution in [2.24, 2.45) is 35.2 Å². The van der Waals surface area contributed by atoms with Gasteiger partial charge in [0.15, 0.2) is 31.0 Å². The Morgan fingerprint density at radius 2 is 0.570 bits per heavy atom. The number of hydrogen-bond donors (Lipinski definition) is 0. The van der Waals surface area contributed by atoms with Crippen molar-refractivity contribution in [3.05, 3.63) is 266 Å². The molecular formula is C95H130N5+5. The second-order valence-corrected chi connectivity index (χ2v) is 33.4. The number of pyridine rings is 5. The third-order valence-corrected chi connectivity index (χ3v) is 19.9. The van der Waals surface area contributed by atoms with Crippen LogP contribution < -0.4 is 22.8 Å². The molecule has 0 fully saturated rings. The second kappa shape index (κ2) is 32.7. The molecule has 5 nitrogen and oxygen atoms in total. The quantitative estimate of drug-likeness (QED) is 0.135. The van der Waals surface area contributed by atoms with Crippen LogP contribution in [0.2, 0.25) is 0 Å². The first-order chi connectivity index (χ1) is 49.9. The Morgan fingerprint density at radius 3 is 0.890 bits per heavy atom. The van der Waals surface area contributed by atoms with Crippen molar-refractivity contribution >= 4 is 0 Å². The van der Waals surface area contributed by atoms with Crippen molar-refractivity contribution in [1.29, 1.82) is 0 Å². The maximum absolute atomic E-state index is 7.55. The predicted molar refractivity (Wildman–Crippen MR) is 429 cm³/mol.